The third-order valence-corrected chi connectivity index (χ3v) is 4.68. The van der Waals surface area contributed by atoms with Crippen molar-refractivity contribution in [1.82, 2.24) is 14.9 Å². The quantitative estimate of drug-likeness (QED) is 0.473. The Bertz CT molecular complexity index is 999. The molecule has 0 saturated heterocycles. The van der Waals surface area contributed by atoms with Gasteiger partial charge in [0.1, 0.15) is 0 Å². The highest BCUT2D eigenvalue weighted by atomic mass is 35.5. The molecule has 0 aliphatic carbocycles. The molecule has 0 unspecified atom stereocenters. The molecule has 140 valence electrons. The van der Waals surface area contributed by atoms with Gasteiger partial charge in [-0.05, 0) is 36.3 Å². The fourth-order valence-corrected chi connectivity index (χ4v) is 3.11. The van der Waals surface area contributed by atoms with Gasteiger partial charge < -0.3 is 9.47 Å². The van der Waals surface area contributed by atoms with Gasteiger partial charge in [-0.3, -0.25) is 5.10 Å². The maximum Gasteiger partial charge on any atom is 0.216 e. The molecule has 1 heterocycles. The maximum absolute atomic E-state index is 6.40. The Labute approximate surface area is 167 Å². The van der Waals surface area contributed by atoms with Gasteiger partial charge in [-0.1, -0.05) is 41.9 Å². The fourth-order valence-electron chi connectivity index (χ4n) is 2.63. The Morgan fingerprint density at radius 1 is 1.15 bits per heavy atom. The molecule has 3 rings (SSSR count). The highest BCUT2D eigenvalue weighted by molar-refractivity contribution is 7.71. The van der Waals surface area contributed by atoms with E-state index in [0.29, 0.717) is 33.3 Å². The molecule has 0 bridgehead atoms. The van der Waals surface area contributed by atoms with E-state index in [1.54, 1.807) is 37.2 Å². The van der Waals surface area contributed by atoms with E-state index in [4.69, 9.17) is 33.3 Å². The van der Waals surface area contributed by atoms with Crippen LogP contribution < -0.4 is 9.47 Å². The lowest BCUT2D eigenvalue weighted by Gasteiger charge is -2.10. The van der Waals surface area contributed by atoms with Crippen molar-refractivity contribution in [2.24, 2.45) is 5.10 Å². The lowest BCUT2D eigenvalue weighted by Crippen LogP contribution is -2.02. The van der Waals surface area contributed by atoms with Crippen molar-refractivity contribution in [3.8, 4) is 11.5 Å². The van der Waals surface area contributed by atoms with E-state index in [-0.39, 0.29) is 0 Å². The molecule has 2 aromatic carbocycles. The van der Waals surface area contributed by atoms with Crippen molar-refractivity contribution in [3.63, 3.8) is 0 Å². The molecular formula is C19H19ClN4O2S. The molecule has 0 fully saturated rings. The predicted octanol–water partition coefficient (Wildman–Crippen LogP) is 4.28. The van der Waals surface area contributed by atoms with Gasteiger partial charge in [0.2, 0.25) is 4.77 Å². The second-order valence-electron chi connectivity index (χ2n) is 5.69. The van der Waals surface area contributed by atoms with Crippen LogP contribution in [0.1, 0.15) is 17.0 Å². The molecule has 0 spiro atoms. The highest BCUT2D eigenvalue weighted by Crippen LogP contribution is 2.36. The van der Waals surface area contributed by atoms with Crippen molar-refractivity contribution in [2.45, 2.75) is 12.8 Å². The van der Waals surface area contributed by atoms with E-state index in [0.717, 1.165) is 12.2 Å². The van der Waals surface area contributed by atoms with Gasteiger partial charge >= 0.3 is 0 Å². The van der Waals surface area contributed by atoms with Crippen LogP contribution in [0, 0.1) is 4.77 Å². The Morgan fingerprint density at radius 2 is 1.93 bits per heavy atom. The van der Waals surface area contributed by atoms with E-state index in [1.807, 2.05) is 18.2 Å². The number of nitrogens with one attached hydrogen (secondary N) is 1. The summed E-state index contributed by atoms with van der Waals surface area (Å²) < 4.78 is 12.6. The van der Waals surface area contributed by atoms with Crippen LogP contribution in [-0.2, 0) is 12.8 Å². The third kappa shape index (κ3) is 4.37. The number of aromatic nitrogens is 3. The van der Waals surface area contributed by atoms with Gasteiger partial charge in [-0.15, -0.1) is 0 Å². The first-order valence-electron chi connectivity index (χ1n) is 8.29. The minimum atomic E-state index is 0.418. The lowest BCUT2D eigenvalue weighted by molar-refractivity contribution is 0.355. The van der Waals surface area contributed by atoms with Crippen molar-refractivity contribution in [1.29, 1.82) is 0 Å². The minimum absolute atomic E-state index is 0.418. The van der Waals surface area contributed by atoms with Crippen LogP contribution in [-0.4, -0.2) is 35.3 Å². The zero-order chi connectivity index (χ0) is 19.2. The number of aromatic amines is 1. The molecule has 0 radical (unpaired) electrons. The van der Waals surface area contributed by atoms with Gasteiger partial charge in [0.15, 0.2) is 17.3 Å². The average molecular weight is 403 g/mol. The van der Waals surface area contributed by atoms with Crippen molar-refractivity contribution >= 4 is 30.0 Å². The molecule has 8 heteroatoms. The number of ether oxygens (including phenoxy) is 2. The average Bonchev–Trinajstić information content (AvgIpc) is 3.05. The summed E-state index contributed by atoms with van der Waals surface area (Å²) in [5.74, 6) is 1.77. The van der Waals surface area contributed by atoms with Gasteiger partial charge in [0.05, 0.1) is 25.5 Å². The summed E-state index contributed by atoms with van der Waals surface area (Å²) >= 11 is 11.7. The van der Waals surface area contributed by atoms with Crippen LogP contribution in [0.15, 0.2) is 47.6 Å². The van der Waals surface area contributed by atoms with Crippen LogP contribution in [0.25, 0.3) is 0 Å². The van der Waals surface area contributed by atoms with Crippen molar-refractivity contribution in [2.75, 3.05) is 14.2 Å². The standard InChI is InChI=1S/C19H19ClN4O2S/c1-25-15-10-9-14(17(20)18(15)26-2)12-21-24-16(22-23-19(24)27)11-8-13-6-4-3-5-7-13/h3-7,9-10,12H,8,11H2,1-2H3,(H,23,27)/b21-12-. The van der Waals surface area contributed by atoms with Crippen LogP contribution in [0.4, 0.5) is 0 Å². The number of hydrogen-bond acceptors (Lipinski definition) is 5. The van der Waals surface area contributed by atoms with Crippen molar-refractivity contribution in [3.05, 3.63) is 69.2 Å². The largest absolute Gasteiger partial charge is 0.493 e. The number of hydrogen-bond donors (Lipinski definition) is 1. The first kappa shape index (κ1) is 19.1. The van der Waals surface area contributed by atoms with Gasteiger partial charge in [0.25, 0.3) is 0 Å². The molecule has 6 nitrogen and oxygen atoms in total. The first-order valence-corrected chi connectivity index (χ1v) is 9.07. The number of nitrogens with zero attached hydrogens (tertiary/aromatic N) is 3. The van der Waals surface area contributed by atoms with E-state index in [9.17, 15) is 0 Å². The summed E-state index contributed by atoms with van der Waals surface area (Å²) in [6.45, 7) is 0. The van der Waals surface area contributed by atoms with Crippen LogP contribution in [0.3, 0.4) is 0 Å². The number of H-pyrrole nitrogens is 1. The predicted molar refractivity (Wildman–Crippen MR) is 109 cm³/mol. The molecule has 0 saturated carbocycles. The number of halogens is 1. The second-order valence-corrected chi connectivity index (χ2v) is 6.46. The van der Waals surface area contributed by atoms with E-state index >= 15 is 0 Å². The Kier molecular flexibility index (Phi) is 6.26. The summed E-state index contributed by atoms with van der Waals surface area (Å²) in [4.78, 5) is 0. The number of rotatable bonds is 7. The topological polar surface area (TPSA) is 64.4 Å². The molecule has 0 amide bonds. The number of methoxy groups -OCH3 is 2. The molecular weight excluding hydrogens is 384 g/mol. The summed E-state index contributed by atoms with van der Waals surface area (Å²) in [7, 11) is 3.10. The smallest absolute Gasteiger partial charge is 0.216 e. The van der Waals surface area contributed by atoms with Gasteiger partial charge in [-0.25, -0.2) is 0 Å². The Balaban J connectivity index is 1.84. The number of benzene rings is 2. The fraction of sp³-hybridized carbons (Fsp3) is 0.211. The molecule has 1 aromatic heterocycles. The van der Waals surface area contributed by atoms with Crippen LogP contribution in [0.2, 0.25) is 5.02 Å². The second kappa shape index (κ2) is 8.83. The van der Waals surface area contributed by atoms with Gasteiger partial charge in [-0.2, -0.15) is 14.9 Å². The summed E-state index contributed by atoms with van der Waals surface area (Å²) in [6, 6.07) is 13.8. The Morgan fingerprint density at radius 3 is 2.63 bits per heavy atom. The third-order valence-electron chi connectivity index (χ3n) is 4.02. The lowest BCUT2D eigenvalue weighted by atomic mass is 10.1. The van der Waals surface area contributed by atoms with Gasteiger partial charge in [0, 0.05) is 12.0 Å². The first-order chi connectivity index (χ1) is 13.1. The molecule has 0 atom stereocenters. The summed E-state index contributed by atoms with van der Waals surface area (Å²) in [5, 5.41) is 11.9. The normalized spacial score (nSPS) is 11.1. The molecule has 3 aromatic rings. The summed E-state index contributed by atoms with van der Waals surface area (Å²) in [6.07, 6.45) is 3.17. The van der Waals surface area contributed by atoms with E-state index in [1.165, 1.54) is 5.56 Å². The highest BCUT2D eigenvalue weighted by Gasteiger charge is 2.12. The Hall–Kier alpha value is -2.64. The van der Waals surface area contributed by atoms with Crippen molar-refractivity contribution < 1.29 is 9.47 Å². The maximum atomic E-state index is 6.40. The number of aryl methyl sites for hydroxylation is 2. The van der Waals surface area contributed by atoms with E-state index < -0.39 is 0 Å². The van der Waals surface area contributed by atoms with Crippen LogP contribution >= 0.6 is 23.8 Å². The monoisotopic (exact) mass is 402 g/mol. The molecule has 1 N–H and O–H groups in total. The zero-order valence-electron chi connectivity index (χ0n) is 15.0. The minimum Gasteiger partial charge on any atom is -0.493 e. The SMILES string of the molecule is COc1ccc(/C=N\n2c(CCc3ccccc3)n[nH]c2=S)c(Cl)c1OC. The molecule has 27 heavy (non-hydrogen) atoms. The molecule has 0 aliphatic rings. The van der Waals surface area contributed by atoms with Crippen LogP contribution in [0.5, 0.6) is 11.5 Å². The molecule has 0 aliphatic heterocycles. The van der Waals surface area contributed by atoms with E-state index in [2.05, 4.69) is 27.4 Å². The summed E-state index contributed by atoms with van der Waals surface area (Å²) in [5.41, 5.74) is 1.91. The zero-order valence-corrected chi connectivity index (χ0v) is 16.5.